The second kappa shape index (κ2) is 9.04. The van der Waals surface area contributed by atoms with Crippen LogP contribution in [0.1, 0.15) is 24.8 Å². The van der Waals surface area contributed by atoms with Gasteiger partial charge in [-0.05, 0) is 35.6 Å². The third kappa shape index (κ3) is 4.36. The second-order valence-electron chi connectivity index (χ2n) is 10.4. The van der Waals surface area contributed by atoms with E-state index in [1.807, 2.05) is 30.1 Å². The summed E-state index contributed by atoms with van der Waals surface area (Å²) in [5.74, 6) is 0.762. The molecular weight excluding hydrogens is 490 g/mol. The van der Waals surface area contributed by atoms with Crippen LogP contribution >= 0.6 is 0 Å². The summed E-state index contributed by atoms with van der Waals surface area (Å²) in [6.45, 7) is 2.41. The van der Waals surface area contributed by atoms with E-state index >= 15 is 0 Å². The van der Waals surface area contributed by atoms with Gasteiger partial charge >= 0.3 is 0 Å². The monoisotopic (exact) mass is 521 g/mol. The molecule has 3 aliphatic heterocycles. The molecule has 0 bridgehead atoms. The van der Waals surface area contributed by atoms with E-state index in [-0.39, 0.29) is 11.8 Å². The Hall–Kier alpha value is -3.08. The Morgan fingerprint density at radius 1 is 1.05 bits per heavy atom. The third-order valence-electron chi connectivity index (χ3n) is 7.92. The van der Waals surface area contributed by atoms with Gasteiger partial charge in [-0.15, -0.1) is 0 Å². The number of aliphatic imine (C=N–C) groups is 1. The topological polar surface area (TPSA) is 97.1 Å². The molecule has 0 N–H and O–H groups in total. The van der Waals surface area contributed by atoms with E-state index in [0.717, 1.165) is 34.0 Å². The Balaban J connectivity index is 1.29. The first-order valence-electron chi connectivity index (χ1n) is 12.7. The fraction of sp³-hybridized carbons (Fsp3) is 0.444. The molecule has 6 rings (SSSR count). The first-order chi connectivity index (χ1) is 17.7. The Kier molecular flexibility index (Phi) is 5.93. The van der Waals surface area contributed by atoms with Gasteiger partial charge in [0, 0.05) is 63.7 Å². The van der Waals surface area contributed by atoms with Gasteiger partial charge in [0.15, 0.2) is 0 Å². The first-order valence-corrected chi connectivity index (χ1v) is 14.6. The normalized spacial score (nSPS) is 22.3. The number of rotatable bonds is 5. The highest BCUT2D eigenvalue weighted by Crippen LogP contribution is 2.36. The minimum Gasteiger partial charge on any atom is -0.381 e. The van der Waals surface area contributed by atoms with E-state index in [1.165, 1.54) is 10.6 Å². The lowest BCUT2D eigenvalue weighted by Crippen LogP contribution is -2.47. The standard InChI is InChI=1S/C27H31N5O4S/c1-30-24-8-7-22(15-23(24)16-28-30)20-3-5-21(6-4-20)25-29-27(10-13-36-14-11-27)26(33)32(25)18-19-9-12-31(17-19)37(2,34)35/h3-8,15-16,19H,9-14,17-18H2,1-2H3. The summed E-state index contributed by atoms with van der Waals surface area (Å²) in [6, 6.07) is 14.5. The molecule has 3 aromatic rings. The molecule has 0 aliphatic carbocycles. The Morgan fingerprint density at radius 2 is 1.76 bits per heavy atom. The van der Waals surface area contributed by atoms with Crippen molar-refractivity contribution < 1.29 is 17.9 Å². The van der Waals surface area contributed by atoms with Crippen molar-refractivity contribution in [1.29, 1.82) is 0 Å². The second-order valence-corrected chi connectivity index (χ2v) is 12.4. The van der Waals surface area contributed by atoms with E-state index in [9.17, 15) is 13.2 Å². The predicted molar refractivity (Wildman–Crippen MR) is 142 cm³/mol. The number of nitrogens with zero attached hydrogens (tertiary/aromatic N) is 5. The molecule has 1 unspecified atom stereocenters. The number of aromatic nitrogens is 2. The van der Waals surface area contributed by atoms with E-state index in [4.69, 9.17) is 9.73 Å². The molecule has 1 spiro atoms. The molecule has 1 atom stereocenters. The van der Waals surface area contributed by atoms with E-state index in [2.05, 4.69) is 35.4 Å². The number of amidine groups is 1. The van der Waals surface area contributed by atoms with Crippen molar-refractivity contribution in [3.8, 4) is 11.1 Å². The Morgan fingerprint density at radius 3 is 2.46 bits per heavy atom. The zero-order chi connectivity index (χ0) is 25.8. The van der Waals surface area contributed by atoms with Gasteiger partial charge in [0.05, 0.1) is 18.0 Å². The molecule has 2 saturated heterocycles. The molecule has 4 heterocycles. The molecule has 3 aliphatic rings. The molecule has 37 heavy (non-hydrogen) atoms. The SMILES string of the molecule is Cn1ncc2cc(-c3ccc(C4=NC5(CCOCC5)C(=O)N4CC4CCN(S(C)(=O)=O)C4)cc3)ccc21. The predicted octanol–water partition coefficient (Wildman–Crippen LogP) is 2.66. The van der Waals surface area contributed by atoms with Crippen LogP contribution < -0.4 is 0 Å². The van der Waals surface area contributed by atoms with Crippen molar-refractivity contribution in [2.45, 2.75) is 24.8 Å². The lowest BCUT2D eigenvalue weighted by molar-refractivity contribution is -0.134. The molecule has 9 nitrogen and oxygen atoms in total. The number of benzene rings is 2. The molecule has 194 valence electrons. The smallest absolute Gasteiger partial charge is 0.256 e. The van der Waals surface area contributed by atoms with Crippen LogP contribution in [-0.4, -0.2) is 83.8 Å². The maximum Gasteiger partial charge on any atom is 0.256 e. The van der Waals surface area contributed by atoms with Gasteiger partial charge in [0.2, 0.25) is 10.0 Å². The van der Waals surface area contributed by atoms with Crippen LogP contribution in [0.15, 0.2) is 53.7 Å². The summed E-state index contributed by atoms with van der Waals surface area (Å²) < 4.78 is 33.0. The fourth-order valence-electron chi connectivity index (χ4n) is 5.74. The van der Waals surface area contributed by atoms with Gasteiger partial charge in [-0.3, -0.25) is 19.4 Å². The molecule has 2 aromatic carbocycles. The molecule has 0 radical (unpaired) electrons. The number of fused-ring (bicyclic) bond motifs is 1. The van der Waals surface area contributed by atoms with Crippen LogP contribution in [0.5, 0.6) is 0 Å². The number of hydrogen-bond donors (Lipinski definition) is 0. The maximum atomic E-state index is 13.8. The van der Waals surface area contributed by atoms with Gasteiger partial charge in [-0.25, -0.2) is 12.7 Å². The van der Waals surface area contributed by atoms with Gasteiger partial charge in [0.25, 0.3) is 5.91 Å². The summed E-state index contributed by atoms with van der Waals surface area (Å²) >= 11 is 0. The number of sulfonamides is 1. The highest BCUT2D eigenvalue weighted by atomic mass is 32.2. The zero-order valence-electron chi connectivity index (χ0n) is 21.1. The highest BCUT2D eigenvalue weighted by Gasteiger charge is 2.50. The maximum absolute atomic E-state index is 13.8. The fourth-order valence-corrected chi connectivity index (χ4v) is 6.66. The lowest BCUT2D eigenvalue weighted by atomic mass is 9.90. The van der Waals surface area contributed by atoms with E-state index in [0.29, 0.717) is 51.5 Å². The third-order valence-corrected chi connectivity index (χ3v) is 9.19. The van der Waals surface area contributed by atoms with Crippen molar-refractivity contribution in [2.24, 2.45) is 18.0 Å². The number of ether oxygens (including phenoxy) is 1. The van der Waals surface area contributed by atoms with Crippen molar-refractivity contribution in [3.63, 3.8) is 0 Å². The quantitative estimate of drug-likeness (QED) is 0.514. The summed E-state index contributed by atoms with van der Waals surface area (Å²) in [6.07, 6.45) is 4.97. The van der Waals surface area contributed by atoms with E-state index in [1.54, 1.807) is 4.90 Å². The van der Waals surface area contributed by atoms with Crippen LogP contribution in [0.3, 0.4) is 0 Å². The summed E-state index contributed by atoms with van der Waals surface area (Å²) in [5, 5.41) is 5.42. The molecule has 1 amide bonds. The average molecular weight is 522 g/mol. The van der Waals surface area contributed by atoms with Crippen molar-refractivity contribution >= 4 is 32.7 Å². The van der Waals surface area contributed by atoms with Crippen LogP contribution in [-0.2, 0) is 26.6 Å². The van der Waals surface area contributed by atoms with Crippen molar-refractivity contribution in [3.05, 3.63) is 54.2 Å². The molecule has 1 aromatic heterocycles. The number of carbonyl (C=O) groups is 1. The van der Waals surface area contributed by atoms with Crippen LogP contribution in [0.25, 0.3) is 22.0 Å². The highest BCUT2D eigenvalue weighted by molar-refractivity contribution is 7.88. The van der Waals surface area contributed by atoms with Crippen molar-refractivity contribution in [1.82, 2.24) is 19.0 Å². The lowest BCUT2D eigenvalue weighted by Gasteiger charge is -2.30. The van der Waals surface area contributed by atoms with Gasteiger partial charge < -0.3 is 4.74 Å². The largest absolute Gasteiger partial charge is 0.381 e. The van der Waals surface area contributed by atoms with Gasteiger partial charge in [0.1, 0.15) is 11.4 Å². The molecule has 0 saturated carbocycles. The van der Waals surface area contributed by atoms with Gasteiger partial charge in [-0.2, -0.15) is 5.10 Å². The Labute approximate surface area is 216 Å². The van der Waals surface area contributed by atoms with Crippen LogP contribution in [0.4, 0.5) is 0 Å². The van der Waals surface area contributed by atoms with E-state index < -0.39 is 15.6 Å². The Bertz CT molecular complexity index is 1490. The minimum atomic E-state index is -3.24. The van der Waals surface area contributed by atoms with Crippen molar-refractivity contribution in [2.75, 3.05) is 39.1 Å². The number of hydrogen-bond acceptors (Lipinski definition) is 6. The van der Waals surface area contributed by atoms with Gasteiger partial charge in [-0.1, -0.05) is 30.3 Å². The number of aryl methyl sites for hydroxylation is 1. The zero-order valence-corrected chi connectivity index (χ0v) is 21.9. The molecule has 2 fully saturated rings. The van der Waals surface area contributed by atoms with Crippen LogP contribution in [0, 0.1) is 5.92 Å². The molecular formula is C27H31N5O4S. The molecule has 10 heteroatoms. The summed E-state index contributed by atoms with van der Waals surface area (Å²) in [4.78, 5) is 20.6. The average Bonchev–Trinajstić information content (AvgIpc) is 3.59. The first kappa shape index (κ1) is 24.3. The minimum absolute atomic E-state index is 0.00899. The van der Waals surface area contributed by atoms with Crippen LogP contribution in [0.2, 0.25) is 0 Å². The summed E-state index contributed by atoms with van der Waals surface area (Å²) in [7, 11) is -1.31. The number of amides is 1. The summed E-state index contributed by atoms with van der Waals surface area (Å²) in [5.41, 5.74) is 3.36. The number of carbonyl (C=O) groups excluding carboxylic acids is 1.